The van der Waals surface area contributed by atoms with E-state index < -0.39 is 0 Å². The Morgan fingerprint density at radius 3 is 2.57 bits per heavy atom. The van der Waals surface area contributed by atoms with Crippen molar-refractivity contribution in [1.29, 1.82) is 0 Å². The average Bonchev–Trinajstić information content (AvgIpc) is 3.21. The predicted octanol–water partition coefficient (Wildman–Crippen LogP) is 3.86. The van der Waals surface area contributed by atoms with Gasteiger partial charge in [-0.15, -0.1) is 0 Å². The van der Waals surface area contributed by atoms with Gasteiger partial charge < -0.3 is 9.84 Å². The lowest BCUT2D eigenvalue weighted by molar-refractivity contribution is -0.117. The van der Waals surface area contributed by atoms with Crippen LogP contribution < -0.4 is 5.32 Å². The number of anilines is 1. The zero-order valence-corrected chi connectivity index (χ0v) is 16.0. The van der Waals surface area contributed by atoms with E-state index in [1.54, 1.807) is 0 Å². The summed E-state index contributed by atoms with van der Waals surface area (Å²) >= 11 is 0. The van der Waals surface area contributed by atoms with Crippen molar-refractivity contribution >= 4 is 11.6 Å². The van der Waals surface area contributed by atoms with Crippen LogP contribution in [0.3, 0.4) is 0 Å². The molecule has 0 aliphatic carbocycles. The van der Waals surface area contributed by atoms with Crippen LogP contribution in [-0.4, -0.2) is 40.6 Å². The highest BCUT2D eigenvalue weighted by Crippen LogP contribution is 2.28. The second-order valence-corrected chi connectivity index (χ2v) is 7.24. The topological polar surface area (TPSA) is 71.3 Å². The molecular formula is C22H24N4O2. The molecule has 1 aliphatic heterocycles. The van der Waals surface area contributed by atoms with Gasteiger partial charge in [0.1, 0.15) is 0 Å². The Morgan fingerprint density at radius 1 is 1.11 bits per heavy atom. The summed E-state index contributed by atoms with van der Waals surface area (Å²) in [4.78, 5) is 19.1. The SMILES string of the molecule is Cc1ccccc1NC(=O)CN1CCC(c2nc(-c3ccccc3)no2)CC1. The number of benzene rings is 2. The Morgan fingerprint density at radius 2 is 1.82 bits per heavy atom. The van der Waals surface area contributed by atoms with Crippen molar-refractivity contribution in [1.82, 2.24) is 15.0 Å². The number of rotatable bonds is 5. The Kier molecular flexibility index (Phi) is 5.48. The minimum atomic E-state index is 0.0249. The summed E-state index contributed by atoms with van der Waals surface area (Å²) in [6, 6.07) is 17.7. The molecule has 0 saturated carbocycles. The zero-order valence-electron chi connectivity index (χ0n) is 16.0. The van der Waals surface area contributed by atoms with Crippen LogP contribution in [0.2, 0.25) is 0 Å². The molecule has 28 heavy (non-hydrogen) atoms. The van der Waals surface area contributed by atoms with E-state index in [9.17, 15) is 4.79 Å². The molecule has 0 radical (unpaired) electrons. The van der Waals surface area contributed by atoms with Crippen LogP contribution in [0.15, 0.2) is 59.1 Å². The number of para-hydroxylation sites is 1. The molecule has 2 aromatic carbocycles. The zero-order chi connectivity index (χ0) is 19.3. The van der Waals surface area contributed by atoms with E-state index in [1.807, 2.05) is 61.5 Å². The van der Waals surface area contributed by atoms with Crippen molar-refractivity contribution in [3.8, 4) is 11.4 Å². The van der Waals surface area contributed by atoms with E-state index in [1.165, 1.54) is 0 Å². The van der Waals surface area contributed by atoms with Crippen LogP contribution >= 0.6 is 0 Å². The van der Waals surface area contributed by atoms with Gasteiger partial charge in [0.25, 0.3) is 0 Å². The van der Waals surface area contributed by atoms with Gasteiger partial charge in [-0.2, -0.15) is 4.98 Å². The summed E-state index contributed by atoms with van der Waals surface area (Å²) in [6.07, 6.45) is 1.82. The maximum absolute atomic E-state index is 12.4. The Hall–Kier alpha value is -2.99. The Bertz CT molecular complexity index is 930. The minimum Gasteiger partial charge on any atom is -0.339 e. The number of carbonyl (C=O) groups excluding carboxylic acids is 1. The standard InChI is InChI=1S/C22H24N4O2/c1-16-7-5-6-10-19(16)23-20(27)15-26-13-11-18(12-14-26)22-24-21(25-28-22)17-8-3-2-4-9-17/h2-10,18H,11-15H2,1H3,(H,23,27). The van der Waals surface area contributed by atoms with E-state index in [2.05, 4.69) is 20.4 Å². The van der Waals surface area contributed by atoms with E-state index in [4.69, 9.17) is 4.52 Å². The number of hydrogen-bond acceptors (Lipinski definition) is 5. The maximum Gasteiger partial charge on any atom is 0.238 e. The van der Waals surface area contributed by atoms with Crippen molar-refractivity contribution in [3.05, 3.63) is 66.1 Å². The molecule has 1 saturated heterocycles. The number of amides is 1. The molecule has 1 fully saturated rings. The maximum atomic E-state index is 12.4. The number of nitrogens with zero attached hydrogens (tertiary/aromatic N) is 3. The molecule has 6 nitrogen and oxygen atoms in total. The van der Waals surface area contributed by atoms with Gasteiger partial charge >= 0.3 is 0 Å². The van der Waals surface area contributed by atoms with Crippen LogP contribution in [0.25, 0.3) is 11.4 Å². The molecule has 4 rings (SSSR count). The van der Waals surface area contributed by atoms with E-state index in [0.29, 0.717) is 18.3 Å². The fourth-order valence-corrected chi connectivity index (χ4v) is 3.55. The van der Waals surface area contributed by atoms with E-state index in [-0.39, 0.29) is 11.8 Å². The molecule has 2 heterocycles. The second-order valence-electron chi connectivity index (χ2n) is 7.24. The molecule has 1 aromatic heterocycles. The molecular weight excluding hydrogens is 352 g/mol. The molecule has 144 valence electrons. The van der Waals surface area contributed by atoms with Crippen LogP contribution in [0.1, 0.15) is 30.2 Å². The van der Waals surface area contributed by atoms with Crippen molar-refractivity contribution < 1.29 is 9.32 Å². The molecule has 0 spiro atoms. The van der Waals surface area contributed by atoms with Gasteiger partial charge in [0.15, 0.2) is 0 Å². The van der Waals surface area contributed by atoms with Gasteiger partial charge in [-0.05, 0) is 44.5 Å². The monoisotopic (exact) mass is 376 g/mol. The third kappa shape index (κ3) is 4.28. The summed E-state index contributed by atoms with van der Waals surface area (Å²) in [7, 11) is 0. The number of aryl methyl sites for hydroxylation is 1. The Balaban J connectivity index is 1.30. The van der Waals surface area contributed by atoms with Crippen LogP contribution in [-0.2, 0) is 4.79 Å². The number of carbonyl (C=O) groups is 1. The molecule has 0 unspecified atom stereocenters. The number of nitrogens with one attached hydrogen (secondary N) is 1. The van der Waals surface area contributed by atoms with Crippen molar-refractivity contribution in [2.75, 3.05) is 25.0 Å². The second kappa shape index (κ2) is 8.35. The summed E-state index contributed by atoms with van der Waals surface area (Å²) < 4.78 is 5.51. The molecule has 6 heteroatoms. The summed E-state index contributed by atoms with van der Waals surface area (Å²) in [5, 5.41) is 7.12. The largest absolute Gasteiger partial charge is 0.339 e. The summed E-state index contributed by atoms with van der Waals surface area (Å²) in [5.74, 6) is 1.61. The van der Waals surface area contributed by atoms with Crippen LogP contribution in [0, 0.1) is 6.92 Å². The van der Waals surface area contributed by atoms with Gasteiger partial charge in [-0.3, -0.25) is 9.69 Å². The fraction of sp³-hybridized carbons (Fsp3) is 0.318. The first kappa shape index (κ1) is 18.4. The minimum absolute atomic E-state index is 0.0249. The first-order valence-electron chi connectivity index (χ1n) is 9.66. The van der Waals surface area contributed by atoms with Crippen molar-refractivity contribution in [2.24, 2.45) is 0 Å². The van der Waals surface area contributed by atoms with Gasteiger partial charge in [-0.1, -0.05) is 53.7 Å². The highest BCUT2D eigenvalue weighted by molar-refractivity contribution is 5.92. The van der Waals surface area contributed by atoms with Crippen molar-refractivity contribution in [3.63, 3.8) is 0 Å². The van der Waals surface area contributed by atoms with Crippen molar-refractivity contribution in [2.45, 2.75) is 25.7 Å². The first-order chi connectivity index (χ1) is 13.7. The quantitative estimate of drug-likeness (QED) is 0.732. The molecule has 1 amide bonds. The van der Waals surface area contributed by atoms with Crippen LogP contribution in [0.4, 0.5) is 5.69 Å². The van der Waals surface area contributed by atoms with Gasteiger partial charge in [0.2, 0.25) is 17.6 Å². The number of piperidine rings is 1. The van der Waals surface area contributed by atoms with Gasteiger partial charge in [0, 0.05) is 17.2 Å². The van der Waals surface area contributed by atoms with Gasteiger partial charge in [-0.25, -0.2) is 0 Å². The van der Waals surface area contributed by atoms with Crippen LogP contribution in [0.5, 0.6) is 0 Å². The summed E-state index contributed by atoms with van der Waals surface area (Å²) in [6.45, 7) is 4.08. The molecule has 1 N–H and O–H groups in total. The predicted molar refractivity (Wildman–Crippen MR) is 108 cm³/mol. The average molecular weight is 376 g/mol. The number of hydrogen-bond donors (Lipinski definition) is 1. The number of aromatic nitrogens is 2. The Labute approximate surface area is 164 Å². The highest BCUT2D eigenvalue weighted by atomic mass is 16.5. The first-order valence-corrected chi connectivity index (χ1v) is 9.66. The smallest absolute Gasteiger partial charge is 0.238 e. The van der Waals surface area contributed by atoms with E-state index in [0.717, 1.165) is 42.7 Å². The molecule has 1 aliphatic rings. The molecule has 0 atom stereocenters. The lowest BCUT2D eigenvalue weighted by atomic mass is 9.97. The third-order valence-electron chi connectivity index (χ3n) is 5.20. The molecule has 3 aromatic rings. The third-order valence-corrected chi connectivity index (χ3v) is 5.20. The normalized spacial score (nSPS) is 15.5. The fourth-order valence-electron chi connectivity index (χ4n) is 3.55. The van der Waals surface area contributed by atoms with E-state index >= 15 is 0 Å². The summed E-state index contributed by atoms with van der Waals surface area (Å²) in [5.41, 5.74) is 2.91. The number of likely N-dealkylation sites (tertiary alicyclic amines) is 1. The lowest BCUT2D eigenvalue weighted by Gasteiger charge is -2.29. The van der Waals surface area contributed by atoms with Gasteiger partial charge in [0.05, 0.1) is 6.54 Å². The lowest BCUT2D eigenvalue weighted by Crippen LogP contribution is -2.38. The molecule has 0 bridgehead atoms. The highest BCUT2D eigenvalue weighted by Gasteiger charge is 2.26.